The number of amides is 2. The molecule has 0 heterocycles. The van der Waals surface area contributed by atoms with Gasteiger partial charge in [-0.3, -0.25) is 9.59 Å². The van der Waals surface area contributed by atoms with Crippen LogP contribution in [-0.4, -0.2) is 36.5 Å². The smallest absolute Gasteiger partial charge is 0.237 e. The van der Waals surface area contributed by atoms with Gasteiger partial charge in [-0.1, -0.05) is 24.3 Å². The summed E-state index contributed by atoms with van der Waals surface area (Å²) in [6.45, 7) is 4.16. The highest BCUT2D eigenvalue weighted by Gasteiger charge is 2.17. The Morgan fingerprint density at radius 2 is 1.59 bits per heavy atom. The standard InChI is InChI=1S/C20H24N2O4S/c1-4-26-18-12-8-6-10-16(18)22-20(24)14(2)27-13-19(23)21-15-9-5-7-11-17(15)25-3/h5-12,14H,4,13H2,1-3H3,(H,21,23)(H,22,24)/t14-/m0/s1. The maximum absolute atomic E-state index is 12.4. The molecule has 0 spiro atoms. The minimum Gasteiger partial charge on any atom is -0.495 e. The fourth-order valence-corrected chi connectivity index (χ4v) is 2.98. The molecular formula is C20H24N2O4S. The fourth-order valence-electron chi connectivity index (χ4n) is 2.30. The maximum Gasteiger partial charge on any atom is 0.237 e. The van der Waals surface area contributed by atoms with Crippen molar-refractivity contribution in [3.8, 4) is 11.5 Å². The fraction of sp³-hybridized carbons (Fsp3) is 0.300. The molecule has 0 unspecified atom stereocenters. The Morgan fingerprint density at radius 1 is 1.00 bits per heavy atom. The van der Waals surface area contributed by atoms with Gasteiger partial charge in [0.15, 0.2) is 0 Å². The summed E-state index contributed by atoms with van der Waals surface area (Å²) in [6.07, 6.45) is 0. The Labute approximate surface area is 163 Å². The second-order valence-corrected chi connectivity index (χ2v) is 6.95. The van der Waals surface area contributed by atoms with Gasteiger partial charge in [0.1, 0.15) is 11.5 Å². The van der Waals surface area contributed by atoms with Crippen LogP contribution in [0.1, 0.15) is 13.8 Å². The zero-order chi connectivity index (χ0) is 19.6. The molecule has 1 atom stereocenters. The molecule has 2 amide bonds. The average molecular weight is 388 g/mol. The normalized spacial score (nSPS) is 11.4. The molecule has 7 heteroatoms. The van der Waals surface area contributed by atoms with Gasteiger partial charge in [0.25, 0.3) is 0 Å². The zero-order valence-electron chi connectivity index (χ0n) is 15.7. The highest BCUT2D eigenvalue weighted by atomic mass is 32.2. The SMILES string of the molecule is CCOc1ccccc1NC(=O)[C@H](C)SCC(=O)Nc1ccccc1OC. The number of rotatable bonds is 9. The van der Waals surface area contributed by atoms with E-state index < -0.39 is 5.25 Å². The minimum absolute atomic E-state index is 0.153. The Bertz CT molecular complexity index is 782. The lowest BCUT2D eigenvalue weighted by Crippen LogP contribution is -2.25. The van der Waals surface area contributed by atoms with Gasteiger partial charge in [0.05, 0.1) is 36.1 Å². The first-order chi connectivity index (χ1) is 13.0. The van der Waals surface area contributed by atoms with Crippen LogP contribution in [0, 0.1) is 0 Å². The summed E-state index contributed by atoms with van der Waals surface area (Å²) in [5.41, 5.74) is 1.23. The average Bonchev–Trinajstić information content (AvgIpc) is 2.68. The molecule has 0 aromatic heterocycles. The monoisotopic (exact) mass is 388 g/mol. The van der Waals surface area contributed by atoms with Crippen LogP contribution < -0.4 is 20.1 Å². The first-order valence-corrected chi connectivity index (χ1v) is 9.67. The number of benzene rings is 2. The second-order valence-electron chi connectivity index (χ2n) is 5.62. The van der Waals surface area contributed by atoms with Gasteiger partial charge in [-0.05, 0) is 38.1 Å². The lowest BCUT2D eigenvalue weighted by Gasteiger charge is -2.15. The van der Waals surface area contributed by atoms with E-state index in [2.05, 4.69) is 10.6 Å². The van der Waals surface area contributed by atoms with E-state index in [1.807, 2.05) is 31.2 Å². The van der Waals surface area contributed by atoms with Gasteiger partial charge in [-0.15, -0.1) is 11.8 Å². The number of methoxy groups -OCH3 is 1. The van der Waals surface area contributed by atoms with E-state index >= 15 is 0 Å². The number of carbonyl (C=O) groups is 2. The van der Waals surface area contributed by atoms with Crippen LogP contribution >= 0.6 is 11.8 Å². The molecule has 0 aliphatic rings. The topological polar surface area (TPSA) is 76.7 Å². The molecule has 0 bridgehead atoms. The molecule has 144 valence electrons. The maximum atomic E-state index is 12.4. The van der Waals surface area contributed by atoms with Crippen LogP contribution in [0.2, 0.25) is 0 Å². The predicted molar refractivity (Wildman–Crippen MR) is 110 cm³/mol. The van der Waals surface area contributed by atoms with E-state index in [1.54, 1.807) is 38.3 Å². The highest BCUT2D eigenvalue weighted by molar-refractivity contribution is 8.01. The molecule has 0 saturated carbocycles. The molecule has 2 rings (SSSR count). The molecule has 0 aliphatic heterocycles. The molecular weight excluding hydrogens is 364 g/mol. The minimum atomic E-state index is -0.400. The predicted octanol–water partition coefficient (Wildman–Crippen LogP) is 3.79. The largest absolute Gasteiger partial charge is 0.495 e. The van der Waals surface area contributed by atoms with Crippen LogP contribution in [0.3, 0.4) is 0 Å². The van der Waals surface area contributed by atoms with Crippen molar-refractivity contribution in [3.63, 3.8) is 0 Å². The number of nitrogens with one attached hydrogen (secondary N) is 2. The molecule has 6 nitrogen and oxygen atoms in total. The van der Waals surface area contributed by atoms with Crippen LogP contribution in [0.4, 0.5) is 11.4 Å². The number of anilines is 2. The number of thioether (sulfide) groups is 1. The lowest BCUT2D eigenvalue weighted by atomic mass is 10.3. The highest BCUT2D eigenvalue weighted by Crippen LogP contribution is 2.26. The van der Waals surface area contributed by atoms with E-state index in [9.17, 15) is 9.59 Å². The summed E-state index contributed by atoms with van der Waals surface area (Å²) < 4.78 is 10.7. The van der Waals surface area contributed by atoms with Crippen molar-refractivity contribution < 1.29 is 19.1 Å². The van der Waals surface area contributed by atoms with Gasteiger partial charge in [0.2, 0.25) is 11.8 Å². The summed E-state index contributed by atoms with van der Waals surface area (Å²) >= 11 is 1.26. The Morgan fingerprint density at radius 3 is 2.22 bits per heavy atom. The Balaban J connectivity index is 1.87. The van der Waals surface area contributed by atoms with Crippen molar-refractivity contribution in [3.05, 3.63) is 48.5 Å². The summed E-state index contributed by atoms with van der Waals surface area (Å²) in [4.78, 5) is 24.6. The summed E-state index contributed by atoms with van der Waals surface area (Å²) in [7, 11) is 1.55. The summed E-state index contributed by atoms with van der Waals surface area (Å²) in [5, 5.41) is 5.25. The molecule has 0 aliphatic carbocycles. The number of hydrogen-bond donors (Lipinski definition) is 2. The quantitative estimate of drug-likeness (QED) is 0.683. The molecule has 2 aromatic carbocycles. The van der Waals surface area contributed by atoms with Crippen molar-refractivity contribution in [1.82, 2.24) is 0 Å². The van der Waals surface area contributed by atoms with Crippen molar-refractivity contribution in [2.75, 3.05) is 30.1 Å². The van der Waals surface area contributed by atoms with Crippen molar-refractivity contribution in [2.45, 2.75) is 19.1 Å². The second kappa shape index (κ2) is 10.5. The van der Waals surface area contributed by atoms with Crippen LogP contribution in [0.15, 0.2) is 48.5 Å². The first kappa shape index (κ1) is 20.6. The van der Waals surface area contributed by atoms with E-state index in [4.69, 9.17) is 9.47 Å². The molecule has 0 radical (unpaired) electrons. The van der Waals surface area contributed by atoms with Gasteiger partial charge >= 0.3 is 0 Å². The number of carbonyl (C=O) groups excluding carboxylic acids is 2. The van der Waals surface area contributed by atoms with E-state index in [-0.39, 0.29) is 17.6 Å². The van der Waals surface area contributed by atoms with E-state index in [1.165, 1.54) is 11.8 Å². The molecule has 2 N–H and O–H groups in total. The zero-order valence-corrected chi connectivity index (χ0v) is 16.5. The van der Waals surface area contributed by atoms with Crippen molar-refractivity contribution >= 4 is 35.0 Å². The molecule has 0 fully saturated rings. The lowest BCUT2D eigenvalue weighted by molar-refractivity contribution is -0.115. The van der Waals surface area contributed by atoms with E-state index in [0.29, 0.717) is 29.5 Å². The Hall–Kier alpha value is -2.67. The third-order valence-electron chi connectivity index (χ3n) is 3.66. The summed E-state index contributed by atoms with van der Waals surface area (Å²) in [6, 6.07) is 14.5. The molecule has 0 saturated heterocycles. The number of para-hydroxylation sites is 4. The van der Waals surface area contributed by atoms with Crippen LogP contribution in [0.5, 0.6) is 11.5 Å². The van der Waals surface area contributed by atoms with Crippen LogP contribution in [0.25, 0.3) is 0 Å². The third kappa shape index (κ3) is 6.21. The van der Waals surface area contributed by atoms with Gasteiger partial charge in [0, 0.05) is 0 Å². The number of hydrogen-bond acceptors (Lipinski definition) is 5. The first-order valence-electron chi connectivity index (χ1n) is 8.62. The van der Waals surface area contributed by atoms with Gasteiger partial charge in [-0.25, -0.2) is 0 Å². The van der Waals surface area contributed by atoms with Crippen molar-refractivity contribution in [1.29, 1.82) is 0 Å². The van der Waals surface area contributed by atoms with Gasteiger partial charge < -0.3 is 20.1 Å². The number of ether oxygens (including phenoxy) is 2. The summed E-state index contributed by atoms with van der Waals surface area (Å²) in [5.74, 6) is 0.990. The van der Waals surface area contributed by atoms with Gasteiger partial charge in [-0.2, -0.15) is 0 Å². The van der Waals surface area contributed by atoms with E-state index in [0.717, 1.165) is 0 Å². The molecule has 27 heavy (non-hydrogen) atoms. The Kier molecular flexibility index (Phi) is 8.00. The molecule has 2 aromatic rings. The third-order valence-corrected chi connectivity index (χ3v) is 4.80. The van der Waals surface area contributed by atoms with Crippen LogP contribution in [-0.2, 0) is 9.59 Å². The van der Waals surface area contributed by atoms with Crippen molar-refractivity contribution in [2.24, 2.45) is 0 Å².